The molecule has 0 unspecified atom stereocenters. The second kappa shape index (κ2) is 7.41. The van der Waals surface area contributed by atoms with Crippen LogP contribution in [0.5, 0.6) is 0 Å². The second-order valence-corrected chi connectivity index (χ2v) is 5.63. The molecule has 0 amide bonds. The van der Waals surface area contributed by atoms with E-state index in [0.29, 0.717) is 5.92 Å². The first-order valence-corrected chi connectivity index (χ1v) is 7.16. The Morgan fingerprint density at radius 1 is 1.22 bits per heavy atom. The van der Waals surface area contributed by atoms with E-state index < -0.39 is 0 Å². The van der Waals surface area contributed by atoms with Crippen LogP contribution in [0.2, 0.25) is 0 Å². The van der Waals surface area contributed by atoms with Gasteiger partial charge in [0.2, 0.25) is 0 Å². The third kappa shape index (κ3) is 4.68. The van der Waals surface area contributed by atoms with E-state index in [1.54, 1.807) is 0 Å². The molecule has 1 rings (SSSR count). The highest BCUT2D eigenvalue weighted by Gasteiger charge is 2.07. The van der Waals surface area contributed by atoms with Gasteiger partial charge in [0.1, 0.15) is 0 Å². The van der Waals surface area contributed by atoms with Crippen molar-refractivity contribution in [2.45, 2.75) is 53.4 Å². The Labute approximate surface area is 113 Å². The number of unbranched alkanes of at least 4 members (excludes halogenated alkanes) is 1. The van der Waals surface area contributed by atoms with Crippen molar-refractivity contribution in [1.82, 2.24) is 0 Å². The van der Waals surface area contributed by atoms with Gasteiger partial charge in [0, 0.05) is 5.92 Å². The number of aryl methyl sites for hydroxylation is 1. The minimum absolute atomic E-state index is 0.711. The zero-order valence-corrected chi connectivity index (χ0v) is 12.4. The molecule has 0 saturated heterocycles. The molecule has 0 saturated carbocycles. The van der Waals surface area contributed by atoms with E-state index in [4.69, 9.17) is 0 Å². The summed E-state index contributed by atoms with van der Waals surface area (Å²) >= 11 is 0. The van der Waals surface area contributed by atoms with Crippen molar-refractivity contribution in [3.05, 3.63) is 53.5 Å². The van der Waals surface area contributed by atoms with E-state index in [-0.39, 0.29) is 0 Å². The zero-order valence-electron chi connectivity index (χ0n) is 12.4. The summed E-state index contributed by atoms with van der Waals surface area (Å²) in [5.74, 6) is 1.99. The molecule has 0 aliphatic carbocycles. The van der Waals surface area contributed by atoms with Crippen molar-refractivity contribution < 1.29 is 0 Å². The average molecular weight is 243 g/mol. The smallest absolute Gasteiger partial charge is 0.0230 e. The summed E-state index contributed by atoms with van der Waals surface area (Å²) in [6, 6.07) is 7.04. The first-order chi connectivity index (χ1) is 8.56. The van der Waals surface area contributed by atoms with Crippen molar-refractivity contribution in [3.63, 3.8) is 0 Å². The Morgan fingerprint density at radius 2 is 1.89 bits per heavy atom. The van der Waals surface area contributed by atoms with E-state index in [9.17, 15) is 0 Å². The molecular formula is C18H27. The van der Waals surface area contributed by atoms with Crippen molar-refractivity contribution in [2.75, 3.05) is 0 Å². The highest BCUT2D eigenvalue weighted by Crippen LogP contribution is 2.22. The van der Waals surface area contributed by atoms with Crippen LogP contribution in [0.15, 0.2) is 30.9 Å². The maximum Gasteiger partial charge on any atom is 0.0230 e. The van der Waals surface area contributed by atoms with Gasteiger partial charge in [-0.15, -0.1) is 6.58 Å². The first kappa shape index (κ1) is 15.0. The Hall–Kier alpha value is -1.04. The number of allylic oxidation sites excluding steroid dienone is 1. The summed E-state index contributed by atoms with van der Waals surface area (Å²) in [5.41, 5.74) is 4.29. The van der Waals surface area contributed by atoms with Crippen LogP contribution in [0.25, 0.3) is 0 Å². The number of hydrogen-bond donors (Lipinski definition) is 0. The molecule has 0 fully saturated rings. The van der Waals surface area contributed by atoms with Crippen LogP contribution in [0.3, 0.4) is 0 Å². The molecule has 0 bridgehead atoms. The Morgan fingerprint density at radius 3 is 2.44 bits per heavy atom. The van der Waals surface area contributed by atoms with Gasteiger partial charge in [-0.25, -0.2) is 0 Å². The maximum atomic E-state index is 3.88. The Bertz CT molecular complexity index is 374. The summed E-state index contributed by atoms with van der Waals surface area (Å²) in [5, 5.41) is 0. The molecule has 18 heavy (non-hydrogen) atoms. The molecule has 0 heterocycles. The van der Waals surface area contributed by atoms with Crippen LogP contribution in [0.1, 0.15) is 57.2 Å². The van der Waals surface area contributed by atoms with Gasteiger partial charge in [-0.1, -0.05) is 58.4 Å². The van der Waals surface area contributed by atoms with Crippen molar-refractivity contribution in [1.29, 1.82) is 0 Å². The lowest BCUT2D eigenvalue weighted by molar-refractivity contribution is 0.646. The van der Waals surface area contributed by atoms with Crippen LogP contribution in [-0.4, -0.2) is 0 Å². The van der Waals surface area contributed by atoms with Gasteiger partial charge in [-0.2, -0.15) is 0 Å². The fraction of sp³-hybridized carbons (Fsp3) is 0.500. The minimum atomic E-state index is 0.711. The summed E-state index contributed by atoms with van der Waals surface area (Å²) < 4.78 is 0. The van der Waals surface area contributed by atoms with Gasteiger partial charge in [0.15, 0.2) is 0 Å². The zero-order chi connectivity index (χ0) is 13.5. The van der Waals surface area contributed by atoms with Crippen molar-refractivity contribution in [2.24, 2.45) is 5.92 Å². The predicted octanol–water partition coefficient (Wildman–Crippen LogP) is 5.36. The molecule has 0 N–H and O–H groups in total. The largest absolute Gasteiger partial charge is 0.102 e. The van der Waals surface area contributed by atoms with Crippen molar-refractivity contribution >= 4 is 0 Å². The van der Waals surface area contributed by atoms with Crippen LogP contribution in [-0.2, 0) is 12.8 Å². The fourth-order valence-corrected chi connectivity index (χ4v) is 2.22. The van der Waals surface area contributed by atoms with Gasteiger partial charge < -0.3 is 0 Å². The standard InChI is InChI=1S/C18H27/c1-6-8-9-16-11-17(10-14(3)4)13-18(12-16)15(5)7-2/h7,11-14H,2,6,8-10H2,1,3-5H3. The number of hydrogen-bond acceptors (Lipinski definition) is 0. The highest BCUT2D eigenvalue weighted by atomic mass is 14.1. The maximum absolute atomic E-state index is 3.88. The summed E-state index contributed by atoms with van der Waals surface area (Å²) in [7, 11) is 0. The fourth-order valence-electron chi connectivity index (χ4n) is 2.22. The van der Waals surface area contributed by atoms with Crippen molar-refractivity contribution in [3.8, 4) is 0 Å². The van der Waals surface area contributed by atoms with E-state index in [2.05, 4.69) is 52.5 Å². The lowest BCUT2D eigenvalue weighted by Crippen LogP contribution is -2.00. The molecule has 0 spiro atoms. The highest BCUT2D eigenvalue weighted by molar-refractivity contribution is 5.41. The second-order valence-electron chi connectivity index (χ2n) is 5.63. The monoisotopic (exact) mass is 243 g/mol. The van der Waals surface area contributed by atoms with Crippen LogP contribution < -0.4 is 0 Å². The minimum Gasteiger partial charge on any atom is -0.102 e. The molecule has 0 aliphatic rings. The quantitative estimate of drug-likeness (QED) is 0.605. The molecule has 0 heteroatoms. The predicted molar refractivity (Wildman–Crippen MR) is 81.8 cm³/mol. The van der Waals surface area contributed by atoms with Crippen LogP contribution in [0.4, 0.5) is 0 Å². The first-order valence-electron chi connectivity index (χ1n) is 7.16. The molecule has 0 aliphatic heterocycles. The lowest BCUT2D eigenvalue weighted by atomic mass is 9.92. The molecule has 0 nitrogen and oxygen atoms in total. The van der Waals surface area contributed by atoms with Crippen LogP contribution in [0, 0.1) is 11.8 Å². The van der Waals surface area contributed by atoms with E-state index in [0.717, 1.165) is 6.42 Å². The topological polar surface area (TPSA) is 0 Å². The third-order valence-electron chi connectivity index (χ3n) is 3.28. The van der Waals surface area contributed by atoms with E-state index in [1.807, 2.05) is 6.08 Å². The Balaban J connectivity index is 2.99. The van der Waals surface area contributed by atoms with E-state index >= 15 is 0 Å². The van der Waals surface area contributed by atoms with Gasteiger partial charge in [-0.05, 0) is 41.9 Å². The summed E-state index contributed by atoms with van der Waals surface area (Å²) in [6.45, 7) is 12.8. The molecule has 1 radical (unpaired) electrons. The SMILES string of the molecule is C=C[C](C)c1cc(CCCC)cc(CC(C)C)c1. The van der Waals surface area contributed by atoms with Gasteiger partial charge in [-0.3, -0.25) is 0 Å². The van der Waals surface area contributed by atoms with Crippen LogP contribution >= 0.6 is 0 Å². The number of benzene rings is 1. The Kier molecular flexibility index (Phi) is 6.18. The molecule has 0 aromatic heterocycles. The number of rotatable bonds is 7. The third-order valence-corrected chi connectivity index (χ3v) is 3.28. The summed E-state index contributed by atoms with van der Waals surface area (Å²) in [6.07, 6.45) is 6.85. The molecule has 0 atom stereocenters. The average Bonchev–Trinajstić information content (AvgIpc) is 2.34. The normalized spacial score (nSPS) is 11.2. The van der Waals surface area contributed by atoms with Gasteiger partial charge >= 0.3 is 0 Å². The van der Waals surface area contributed by atoms with E-state index in [1.165, 1.54) is 41.9 Å². The molecular weight excluding hydrogens is 216 g/mol. The molecule has 99 valence electrons. The van der Waals surface area contributed by atoms with Gasteiger partial charge in [0.05, 0.1) is 0 Å². The molecule has 1 aromatic rings. The van der Waals surface area contributed by atoms with Gasteiger partial charge in [0.25, 0.3) is 0 Å². The lowest BCUT2D eigenvalue weighted by Gasteiger charge is -2.13. The molecule has 1 aromatic carbocycles. The summed E-state index contributed by atoms with van der Waals surface area (Å²) in [4.78, 5) is 0.